The van der Waals surface area contributed by atoms with Crippen molar-refractivity contribution in [1.29, 1.82) is 15.8 Å². The number of nitriles is 3. The Hall–Kier alpha value is -11.9. The van der Waals surface area contributed by atoms with Crippen LogP contribution in [0, 0.1) is 70.0 Å². The molecule has 11 rings (SSSR count). The fourth-order valence-corrected chi connectivity index (χ4v) is 13.0. The fourth-order valence-electron chi connectivity index (χ4n) is 10.8. The lowest BCUT2D eigenvalue weighted by Gasteiger charge is -2.36. The van der Waals surface area contributed by atoms with E-state index in [0.29, 0.717) is 126 Å². The van der Waals surface area contributed by atoms with Crippen LogP contribution in [-0.4, -0.2) is 159 Å². The Bertz CT molecular complexity index is 4670. The number of nitrogens with two attached hydrogens (primary N) is 1. The largest absolute Gasteiger partial charge is 0.481 e. The predicted octanol–water partition coefficient (Wildman–Crippen LogP) is 13.5. The predicted molar refractivity (Wildman–Crippen MR) is 404 cm³/mol. The highest BCUT2D eigenvalue weighted by molar-refractivity contribution is 8.13. The number of amides is 3. The van der Waals surface area contributed by atoms with Crippen molar-refractivity contribution in [1.82, 2.24) is 14.7 Å². The number of carbonyl (C=O) groups excluding carboxylic acids is 3. The number of carboxylic acids is 1. The molecule has 0 atom stereocenters. The van der Waals surface area contributed by atoms with Gasteiger partial charge in [-0.2, -0.15) is 15.8 Å². The summed E-state index contributed by atoms with van der Waals surface area (Å²) in [6.07, 6.45) is -0.946. The molecule has 8 aromatic carbocycles. The van der Waals surface area contributed by atoms with Gasteiger partial charge in [0, 0.05) is 114 Å². The standard InChI is InChI=1S/C27H26F2N4O4S.C21H23FN4O2.C14H18N4O2.C7H7F.C6H4ClFO2S.C2H4O2/c1-2-37-27(34)32-15-13-31(14-16-32)26-12-9-24(17-21(26)18-30)33(19-20-3-5-22(28)6-4-20)38(35,36)25-10-7-23(29)8-11-25;1-2-28-21(27)26-11-9-25(10-12-26)20-8-7-19(13-17(20)14-23)24-15-16-3-5-18(22)6-4-16;1-2-20-14(19)18-7-5-17(6-8-18)13-4-3-12(16)9-11(13)10-15;1-6-2-4-7(8)5-3-6;7-11(9,10)6-3-1-5(8)2-4-6;1-2(3)4/h3-12,17H,2,13-16,19H2,1H3;3-8,13,24H,2,9-12,15H2,1H3;3-4,9H,2,5-8,16H2,1H3;2-5H,1H3;1-4H;1H3,(H,3,4). The number of nitrogen functional groups attached to an aromatic ring is 1. The van der Waals surface area contributed by atoms with Gasteiger partial charge in [-0.15, -0.1) is 0 Å². The summed E-state index contributed by atoms with van der Waals surface area (Å²) in [5.74, 6) is -2.79. The molecule has 4 N–H and O–H groups in total. The first kappa shape index (κ1) is 86.1. The van der Waals surface area contributed by atoms with Gasteiger partial charge in [-0.3, -0.25) is 9.10 Å². The Labute approximate surface area is 635 Å². The van der Waals surface area contributed by atoms with E-state index in [2.05, 4.69) is 33.3 Å². The number of benzene rings is 8. The first-order chi connectivity index (χ1) is 52.0. The van der Waals surface area contributed by atoms with Gasteiger partial charge in [-0.1, -0.05) is 42.0 Å². The Balaban J connectivity index is 0.000000229. The molecule has 0 spiro atoms. The maximum absolute atomic E-state index is 13.6. The van der Waals surface area contributed by atoms with Crippen LogP contribution in [0.3, 0.4) is 0 Å². The van der Waals surface area contributed by atoms with Crippen molar-refractivity contribution >= 4 is 88.1 Å². The summed E-state index contributed by atoms with van der Waals surface area (Å²) in [4.78, 5) is 55.4. The fraction of sp³-hybridized carbons (Fsp3) is 0.286. The Morgan fingerprint density at radius 2 is 0.817 bits per heavy atom. The van der Waals surface area contributed by atoms with Crippen LogP contribution in [-0.2, 0) is 51.2 Å². The molecule has 3 saturated heterocycles. The van der Waals surface area contributed by atoms with E-state index in [0.717, 1.165) is 75.8 Å². The third-order valence-electron chi connectivity index (χ3n) is 16.2. The molecule has 0 aliphatic carbocycles. The van der Waals surface area contributed by atoms with Gasteiger partial charge in [0.25, 0.3) is 25.0 Å². The minimum absolute atomic E-state index is 0.0967. The Kier molecular flexibility index (Phi) is 33.5. The van der Waals surface area contributed by atoms with Gasteiger partial charge in [0.05, 0.1) is 75.6 Å². The average Bonchev–Trinajstić information content (AvgIpc) is 0.775. The molecule has 576 valence electrons. The molecule has 3 amide bonds. The summed E-state index contributed by atoms with van der Waals surface area (Å²) >= 11 is 0. The number of carbonyl (C=O) groups is 4. The summed E-state index contributed by atoms with van der Waals surface area (Å²) in [7, 11) is -2.93. The smallest absolute Gasteiger partial charge is 0.409 e. The number of rotatable bonds is 15. The van der Waals surface area contributed by atoms with E-state index in [1.807, 2.05) is 36.1 Å². The minimum Gasteiger partial charge on any atom is -0.481 e. The van der Waals surface area contributed by atoms with E-state index >= 15 is 0 Å². The van der Waals surface area contributed by atoms with Crippen molar-refractivity contribution in [3.05, 3.63) is 238 Å². The summed E-state index contributed by atoms with van der Waals surface area (Å²) < 4.78 is 129. The number of sulfonamides is 1. The monoisotopic (exact) mass is 1560 g/mol. The number of nitrogens with one attached hydrogen (secondary N) is 1. The molecule has 0 aromatic heterocycles. The minimum atomic E-state index is -4.17. The van der Waals surface area contributed by atoms with Crippen molar-refractivity contribution in [2.75, 3.05) is 128 Å². The van der Waals surface area contributed by atoms with Crippen molar-refractivity contribution in [3.63, 3.8) is 0 Å². The quantitative estimate of drug-likeness (QED) is 0.0371. The lowest BCUT2D eigenvalue weighted by atomic mass is 10.1. The van der Waals surface area contributed by atoms with Crippen LogP contribution in [0.15, 0.2) is 186 Å². The highest BCUT2D eigenvalue weighted by Gasteiger charge is 2.30. The zero-order chi connectivity index (χ0) is 79.8. The molecule has 0 saturated carbocycles. The summed E-state index contributed by atoms with van der Waals surface area (Å²) in [5.41, 5.74) is 13.6. The van der Waals surface area contributed by atoms with Crippen LogP contribution < -0.4 is 30.1 Å². The number of aryl methyl sites for hydroxylation is 1. The highest BCUT2D eigenvalue weighted by atomic mass is 35.7. The van der Waals surface area contributed by atoms with E-state index in [-0.39, 0.29) is 64.1 Å². The molecule has 0 unspecified atom stereocenters. The van der Waals surface area contributed by atoms with Gasteiger partial charge in [-0.25, -0.2) is 53.2 Å². The highest BCUT2D eigenvalue weighted by Crippen LogP contribution is 2.33. The van der Waals surface area contributed by atoms with Crippen molar-refractivity contribution in [2.45, 2.75) is 57.5 Å². The maximum Gasteiger partial charge on any atom is 0.409 e. The molecule has 0 bridgehead atoms. The van der Waals surface area contributed by atoms with Crippen LogP contribution in [0.1, 0.15) is 61.1 Å². The number of piperazine rings is 3. The number of aliphatic carboxylic acids is 1. The van der Waals surface area contributed by atoms with Gasteiger partial charge in [0.2, 0.25) is 0 Å². The molecule has 3 heterocycles. The zero-order valence-corrected chi connectivity index (χ0v) is 62.7. The average molecular weight is 1560 g/mol. The van der Waals surface area contributed by atoms with Crippen LogP contribution in [0.25, 0.3) is 0 Å². The lowest BCUT2D eigenvalue weighted by molar-refractivity contribution is -0.134. The summed E-state index contributed by atoms with van der Waals surface area (Å²) in [6, 6.07) is 49.2. The van der Waals surface area contributed by atoms with E-state index in [4.69, 9.17) is 45.8 Å². The number of hydrogen-bond donors (Lipinski definition) is 3. The van der Waals surface area contributed by atoms with Crippen LogP contribution in [0.5, 0.6) is 0 Å². The SMILES string of the molecule is CC(=O)O.CCOC(=O)N1CCN(c2ccc(N(Cc3ccc(F)cc3)S(=O)(=O)c3ccc(F)cc3)cc2C#N)CC1.CCOC(=O)N1CCN(c2ccc(N)cc2C#N)CC1.CCOC(=O)N1CCN(c2ccc(NCc3ccc(F)cc3)cc2C#N)CC1.Cc1ccc(F)cc1.O=S(=O)(Cl)c1ccc(F)cc1. The van der Waals surface area contributed by atoms with Crippen LogP contribution in [0.4, 0.5) is 70.5 Å². The second-order valence-electron chi connectivity index (χ2n) is 23.8. The normalized spacial score (nSPS) is 13.1. The molecule has 3 fully saturated rings. The third kappa shape index (κ3) is 27.2. The molecule has 3 aliphatic rings. The Morgan fingerprint density at radius 1 is 0.486 bits per heavy atom. The molecule has 109 heavy (non-hydrogen) atoms. The number of halogens is 6. The molecular weight excluding hydrogens is 1480 g/mol. The van der Waals surface area contributed by atoms with Gasteiger partial charge < -0.3 is 59.8 Å². The van der Waals surface area contributed by atoms with E-state index in [1.54, 1.807) is 84.0 Å². The maximum atomic E-state index is 13.6. The second-order valence-corrected chi connectivity index (χ2v) is 28.3. The van der Waals surface area contributed by atoms with Gasteiger partial charge >= 0.3 is 18.3 Å². The van der Waals surface area contributed by atoms with Crippen molar-refractivity contribution < 1.29 is 77.3 Å². The molecular formula is C77H82ClF5N12O12S2. The molecule has 32 heteroatoms. The summed E-state index contributed by atoms with van der Waals surface area (Å²) in [5, 5.41) is 39.3. The Morgan fingerprint density at radius 3 is 1.18 bits per heavy atom. The first-order valence-electron chi connectivity index (χ1n) is 34.0. The van der Waals surface area contributed by atoms with E-state index in [9.17, 15) is 63.7 Å². The molecule has 0 radical (unpaired) electrons. The first-order valence-corrected chi connectivity index (χ1v) is 37.8. The number of nitrogens with zero attached hydrogens (tertiary/aromatic N) is 10. The summed E-state index contributed by atoms with van der Waals surface area (Å²) in [6.45, 7) is 16.5. The molecule has 3 aliphatic heterocycles. The van der Waals surface area contributed by atoms with Crippen LogP contribution >= 0.6 is 10.7 Å². The van der Waals surface area contributed by atoms with Gasteiger partial charge in [0.15, 0.2) is 0 Å². The van der Waals surface area contributed by atoms with E-state index < -0.39 is 42.5 Å². The lowest BCUT2D eigenvalue weighted by Crippen LogP contribution is -2.49. The van der Waals surface area contributed by atoms with Crippen LogP contribution in [0.2, 0.25) is 0 Å². The van der Waals surface area contributed by atoms with E-state index in [1.165, 1.54) is 66.7 Å². The van der Waals surface area contributed by atoms with Crippen molar-refractivity contribution in [2.24, 2.45) is 0 Å². The third-order valence-corrected chi connectivity index (χ3v) is 19.4. The number of carboxylic acid groups (broad SMARTS) is 1. The number of ether oxygens (including phenoxy) is 3. The topological polar surface area (TPSA) is 317 Å². The second kappa shape index (κ2) is 42.5. The van der Waals surface area contributed by atoms with Gasteiger partial charge in [0.1, 0.15) is 47.3 Å². The molecule has 24 nitrogen and oxygen atoms in total. The molecule has 8 aromatic rings. The van der Waals surface area contributed by atoms with Gasteiger partial charge in [-0.05, 0) is 178 Å². The number of hydrogen-bond acceptors (Lipinski definition) is 19. The number of anilines is 6. The zero-order valence-electron chi connectivity index (χ0n) is 60.3. The van der Waals surface area contributed by atoms with Crippen molar-refractivity contribution in [3.8, 4) is 18.2 Å².